The lowest BCUT2D eigenvalue weighted by Gasteiger charge is -2.27. The third kappa shape index (κ3) is 2.51. The standard InChI is InChI=1S/C17H18FN3O5/c18-11-3-10-12(20-5-14(15(10)22)26-16(23)24)4-13(11)21-6-9-1-2-25-17(9,7-19)8-21/h3-5,9H,1-2,6-8,19H2,(H,20,22)(H,23,24). The summed E-state index contributed by atoms with van der Waals surface area (Å²) in [5, 5.41) is 8.68. The van der Waals surface area contributed by atoms with Crippen molar-refractivity contribution in [3.63, 3.8) is 0 Å². The zero-order valence-corrected chi connectivity index (χ0v) is 13.8. The summed E-state index contributed by atoms with van der Waals surface area (Å²) in [6.07, 6.45) is 0.432. The number of aromatic nitrogens is 1. The third-order valence-corrected chi connectivity index (χ3v) is 5.30. The molecule has 0 spiro atoms. The topological polar surface area (TPSA) is 118 Å². The van der Waals surface area contributed by atoms with Gasteiger partial charge in [-0.15, -0.1) is 0 Å². The number of nitrogens with one attached hydrogen (secondary N) is 1. The van der Waals surface area contributed by atoms with Crippen molar-refractivity contribution in [3.8, 4) is 5.75 Å². The maximum Gasteiger partial charge on any atom is 0.511 e. The van der Waals surface area contributed by atoms with Crippen molar-refractivity contribution < 1.29 is 23.8 Å². The summed E-state index contributed by atoms with van der Waals surface area (Å²) in [4.78, 5) is 27.6. The van der Waals surface area contributed by atoms with Gasteiger partial charge in [0, 0.05) is 38.4 Å². The molecular formula is C17H18FN3O5. The number of halogens is 1. The van der Waals surface area contributed by atoms with E-state index in [-0.39, 0.29) is 11.3 Å². The summed E-state index contributed by atoms with van der Waals surface area (Å²) in [6, 6.07) is 2.64. The summed E-state index contributed by atoms with van der Waals surface area (Å²) in [5.41, 5.74) is 5.51. The van der Waals surface area contributed by atoms with Crippen LogP contribution in [0.5, 0.6) is 5.75 Å². The molecule has 0 radical (unpaired) electrons. The average Bonchev–Trinajstić information content (AvgIpc) is 3.14. The van der Waals surface area contributed by atoms with Crippen LogP contribution in [-0.4, -0.2) is 48.1 Å². The fourth-order valence-corrected chi connectivity index (χ4v) is 3.97. The van der Waals surface area contributed by atoms with Crippen LogP contribution in [0, 0.1) is 11.7 Å². The predicted molar refractivity (Wildman–Crippen MR) is 91.2 cm³/mol. The first-order valence-corrected chi connectivity index (χ1v) is 8.28. The minimum absolute atomic E-state index is 0.0224. The van der Waals surface area contributed by atoms with Crippen LogP contribution in [0.4, 0.5) is 14.9 Å². The van der Waals surface area contributed by atoms with E-state index in [1.165, 1.54) is 0 Å². The number of nitrogens with zero attached hydrogens (tertiary/aromatic N) is 1. The van der Waals surface area contributed by atoms with Gasteiger partial charge in [-0.2, -0.15) is 0 Å². The van der Waals surface area contributed by atoms with Gasteiger partial charge in [0.05, 0.1) is 16.6 Å². The molecule has 0 saturated carbocycles. The number of H-pyrrole nitrogens is 1. The van der Waals surface area contributed by atoms with Crippen LogP contribution >= 0.6 is 0 Å². The molecular weight excluding hydrogens is 345 g/mol. The molecule has 2 fully saturated rings. The Balaban J connectivity index is 1.73. The van der Waals surface area contributed by atoms with Crippen molar-refractivity contribution >= 4 is 22.7 Å². The molecule has 1 aromatic carbocycles. The van der Waals surface area contributed by atoms with E-state index in [2.05, 4.69) is 9.72 Å². The van der Waals surface area contributed by atoms with E-state index < -0.39 is 28.8 Å². The van der Waals surface area contributed by atoms with Crippen molar-refractivity contribution in [2.75, 3.05) is 31.1 Å². The second-order valence-electron chi connectivity index (χ2n) is 6.68. The van der Waals surface area contributed by atoms with E-state index in [1.807, 2.05) is 4.90 Å². The molecule has 2 atom stereocenters. The van der Waals surface area contributed by atoms with Gasteiger partial charge in [-0.3, -0.25) is 4.79 Å². The number of nitrogens with two attached hydrogens (primary N) is 1. The zero-order valence-electron chi connectivity index (χ0n) is 13.8. The van der Waals surface area contributed by atoms with Crippen LogP contribution in [0.2, 0.25) is 0 Å². The van der Waals surface area contributed by atoms with Crippen LogP contribution in [-0.2, 0) is 4.74 Å². The molecule has 3 heterocycles. The molecule has 2 aliphatic rings. The van der Waals surface area contributed by atoms with Crippen molar-refractivity contribution in [3.05, 3.63) is 34.4 Å². The second kappa shape index (κ2) is 5.96. The fraction of sp³-hybridized carbons (Fsp3) is 0.412. The number of carboxylic acid groups (broad SMARTS) is 1. The van der Waals surface area contributed by atoms with Gasteiger partial charge in [-0.05, 0) is 18.6 Å². The fourth-order valence-electron chi connectivity index (χ4n) is 3.97. The van der Waals surface area contributed by atoms with Crippen molar-refractivity contribution in [1.29, 1.82) is 0 Å². The molecule has 2 saturated heterocycles. The van der Waals surface area contributed by atoms with Crippen LogP contribution in [0.1, 0.15) is 6.42 Å². The summed E-state index contributed by atoms with van der Waals surface area (Å²) < 4.78 is 25.0. The third-order valence-electron chi connectivity index (χ3n) is 5.30. The molecule has 2 aliphatic heterocycles. The number of hydrogen-bond acceptors (Lipinski definition) is 6. The maximum absolute atomic E-state index is 14.7. The van der Waals surface area contributed by atoms with E-state index in [4.69, 9.17) is 15.6 Å². The van der Waals surface area contributed by atoms with E-state index >= 15 is 0 Å². The highest BCUT2D eigenvalue weighted by atomic mass is 19.1. The Labute approximate surface area is 147 Å². The van der Waals surface area contributed by atoms with Gasteiger partial charge < -0.3 is 30.2 Å². The number of anilines is 1. The second-order valence-corrected chi connectivity index (χ2v) is 6.68. The summed E-state index contributed by atoms with van der Waals surface area (Å²) in [7, 11) is 0. The molecule has 26 heavy (non-hydrogen) atoms. The number of benzene rings is 1. The summed E-state index contributed by atoms with van der Waals surface area (Å²) in [5.74, 6) is -0.723. The van der Waals surface area contributed by atoms with E-state index in [9.17, 15) is 14.0 Å². The Morgan fingerprint density at radius 3 is 3.04 bits per heavy atom. The number of carbonyl (C=O) groups is 1. The number of rotatable bonds is 3. The quantitative estimate of drug-likeness (QED) is 0.703. The first-order valence-electron chi connectivity index (χ1n) is 8.28. The molecule has 2 aromatic rings. The van der Waals surface area contributed by atoms with Gasteiger partial charge in [0.25, 0.3) is 0 Å². The number of fused-ring (bicyclic) bond motifs is 2. The number of hydrogen-bond donors (Lipinski definition) is 3. The van der Waals surface area contributed by atoms with Gasteiger partial charge in [-0.25, -0.2) is 9.18 Å². The molecule has 4 rings (SSSR count). The van der Waals surface area contributed by atoms with Crippen LogP contribution in [0.15, 0.2) is 23.1 Å². The lowest BCUT2D eigenvalue weighted by Crippen LogP contribution is -2.44. The highest BCUT2D eigenvalue weighted by Gasteiger charge is 2.50. The molecule has 4 N–H and O–H groups in total. The first-order chi connectivity index (χ1) is 12.4. The van der Waals surface area contributed by atoms with Gasteiger partial charge in [0.15, 0.2) is 5.75 Å². The zero-order chi connectivity index (χ0) is 18.5. The number of aromatic amines is 1. The number of pyridine rings is 1. The largest absolute Gasteiger partial charge is 0.511 e. The van der Waals surface area contributed by atoms with Crippen molar-refractivity contribution in [2.45, 2.75) is 12.0 Å². The maximum atomic E-state index is 14.7. The van der Waals surface area contributed by atoms with Gasteiger partial charge in [-0.1, -0.05) is 0 Å². The van der Waals surface area contributed by atoms with E-state index in [0.29, 0.717) is 37.4 Å². The average molecular weight is 363 g/mol. The monoisotopic (exact) mass is 363 g/mol. The molecule has 8 nitrogen and oxygen atoms in total. The Morgan fingerprint density at radius 1 is 1.54 bits per heavy atom. The Kier molecular flexibility index (Phi) is 3.85. The van der Waals surface area contributed by atoms with Crippen LogP contribution in [0.3, 0.4) is 0 Å². The minimum Gasteiger partial charge on any atom is -0.449 e. The molecule has 2 unspecified atom stereocenters. The summed E-state index contributed by atoms with van der Waals surface area (Å²) in [6.45, 7) is 2.15. The smallest absolute Gasteiger partial charge is 0.449 e. The summed E-state index contributed by atoms with van der Waals surface area (Å²) >= 11 is 0. The molecule has 0 aliphatic carbocycles. The minimum atomic E-state index is -1.61. The lowest BCUT2D eigenvalue weighted by atomic mass is 9.91. The number of ether oxygens (including phenoxy) is 2. The first kappa shape index (κ1) is 16.8. The van der Waals surface area contributed by atoms with Gasteiger partial charge in [0.1, 0.15) is 11.4 Å². The lowest BCUT2D eigenvalue weighted by molar-refractivity contribution is 0.0126. The molecule has 9 heteroatoms. The Hall–Kier alpha value is -2.65. The highest BCUT2D eigenvalue weighted by molar-refractivity contribution is 5.84. The Morgan fingerprint density at radius 2 is 2.35 bits per heavy atom. The molecule has 1 aromatic heterocycles. The predicted octanol–water partition coefficient (Wildman–Crippen LogP) is 1.28. The van der Waals surface area contributed by atoms with E-state index in [1.54, 1.807) is 6.07 Å². The molecule has 0 amide bonds. The molecule has 0 bridgehead atoms. The Bertz CT molecular complexity index is 946. The van der Waals surface area contributed by atoms with Crippen molar-refractivity contribution in [1.82, 2.24) is 4.98 Å². The van der Waals surface area contributed by atoms with E-state index in [0.717, 1.165) is 18.7 Å². The van der Waals surface area contributed by atoms with Crippen molar-refractivity contribution in [2.24, 2.45) is 11.7 Å². The van der Waals surface area contributed by atoms with Crippen LogP contribution in [0.25, 0.3) is 10.9 Å². The highest BCUT2D eigenvalue weighted by Crippen LogP contribution is 2.41. The van der Waals surface area contributed by atoms with Gasteiger partial charge >= 0.3 is 6.16 Å². The SMILES string of the molecule is NCC12CN(c3cc4[nH]cc(OC(=O)O)c(=O)c4cc3F)CC1CCO2. The normalized spacial score (nSPS) is 24.8. The van der Waals surface area contributed by atoms with Crippen LogP contribution < -0.4 is 20.8 Å². The van der Waals surface area contributed by atoms with Gasteiger partial charge in [0.2, 0.25) is 5.43 Å². The molecule has 138 valence electrons.